The van der Waals surface area contributed by atoms with E-state index in [4.69, 9.17) is 0 Å². The van der Waals surface area contributed by atoms with Crippen molar-refractivity contribution in [3.63, 3.8) is 0 Å². The molecule has 3 unspecified atom stereocenters. The van der Waals surface area contributed by atoms with Crippen molar-refractivity contribution in [1.82, 2.24) is 9.97 Å². The molecule has 2 rings (SSSR count). The van der Waals surface area contributed by atoms with E-state index in [-0.39, 0.29) is 29.9 Å². The van der Waals surface area contributed by atoms with Crippen LogP contribution in [0.1, 0.15) is 65.2 Å². The van der Waals surface area contributed by atoms with Crippen molar-refractivity contribution in [3.05, 3.63) is 71.1 Å². The average Bonchev–Trinajstić information content (AvgIpc) is 2.89. The molecule has 3 atom stereocenters. The van der Waals surface area contributed by atoms with Crippen molar-refractivity contribution in [2.75, 3.05) is 22.5 Å². The Morgan fingerprint density at radius 2 is 1.58 bits per heavy atom. The average molecular weight is 526 g/mol. The molecule has 0 fully saturated rings. The van der Waals surface area contributed by atoms with Crippen molar-refractivity contribution in [2.24, 2.45) is 0 Å². The molecule has 1 aliphatic heterocycles. The highest BCUT2D eigenvalue weighted by Gasteiger charge is 2.29. The molecule has 1 aliphatic rings. The molecule has 1 aromatic heterocycles. The van der Waals surface area contributed by atoms with E-state index in [2.05, 4.69) is 93.6 Å². The topological polar surface area (TPSA) is 139 Å². The van der Waals surface area contributed by atoms with Crippen LogP contribution >= 0.6 is 0 Å². The van der Waals surface area contributed by atoms with Gasteiger partial charge in [0.2, 0.25) is 11.9 Å². The van der Waals surface area contributed by atoms with Gasteiger partial charge >= 0.3 is 0 Å². The van der Waals surface area contributed by atoms with Crippen LogP contribution in [0.15, 0.2) is 65.6 Å². The number of allylic oxidation sites excluding steroid dienone is 10. The third-order valence-electron chi connectivity index (χ3n) is 5.84. The summed E-state index contributed by atoms with van der Waals surface area (Å²) in [6.07, 6.45) is 26.1. The van der Waals surface area contributed by atoms with Crippen LogP contribution in [0.5, 0.6) is 0 Å². The molecule has 6 N–H and O–H groups in total. The number of amides is 1. The van der Waals surface area contributed by atoms with E-state index in [0.717, 1.165) is 38.5 Å². The first-order valence-electron chi connectivity index (χ1n) is 13.5. The number of anilines is 3. The second-order valence-corrected chi connectivity index (χ2v) is 9.15. The van der Waals surface area contributed by atoms with Crippen LogP contribution < -0.4 is 21.5 Å². The summed E-state index contributed by atoms with van der Waals surface area (Å²) in [7, 11) is 0. The summed E-state index contributed by atoms with van der Waals surface area (Å²) in [6.45, 7) is 3.89. The number of aromatic amines is 1. The van der Waals surface area contributed by atoms with E-state index >= 15 is 0 Å². The number of hydrogen-bond donors (Lipinski definition) is 6. The number of fused-ring (bicyclic) bond motifs is 1. The zero-order chi connectivity index (χ0) is 27.6. The summed E-state index contributed by atoms with van der Waals surface area (Å²) in [5.74, 6) is 0.126. The molecule has 208 valence electrons. The summed E-state index contributed by atoms with van der Waals surface area (Å²) in [5.41, 5.74) is -0.309. The first-order chi connectivity index (χ1) is 18.4. The highest BCUT2D eigenvalue weighted by molar-refractivity contribution is 5.89. The maximum absolute atomic E-state index is 12.4. The van der Waals surface area contributed by atoms with E-state index in [9.17, 15) is 19.8 Å². The summed E-state index contributed by atoms with van der Waals surface area (Å²) in [6, 6.07) is -0.540. The molecule has 0 saturated carbocycles. The van der Waals surface area contributed by atoms with Gasteiger partial charge in [0.05, 0.1) is 12.1 Å². The third-order valence-corrected chi connectivity index (χ3v) is 5.84. The van der Waals surface area contributed by atoms with Gasteiger partial charge in [0.1, 0.15) is 11.8 Å². The van der Waals surface area contributed by atoms with Crippen molar-refractivity contribution < 1.29 is 15.0 Å². The number of carbonyl (C=O) groups excluding carboxylic acids is 1. The maximum atomic E-state index is 12.4. The standard InChI is InChI=1S/C29H43N5O4/c1-3-4-5-6-7-8-9-10-11-12-13-14-15-16-17-18-19-20-24(36)32-29-33-27-25(28(38)34-29)31-23(21-30-27)26(37)22(2)35/h4-5,7-8,10-11,13-14,16-17,22-23,26,31,35,37H,3,6,9,12,15,18-21H2,1-2H3,(H3,30,32,33,34,36,38). The zero-order valence-corrected chi connectivity index (χ0v) is 22.5. The molecular formula is C29H43N5O4. The Morgan fingerprint density at radius 3 is 2.16 bits per heavy atom. The molecule has 1 aromatic rings. The molecule has 9 heteroatoms. The third kappa shape index (κ3) is 11.7. The van der Waals surface area contributed by atoms with Crippen LogP contribution in [-0.4, -0.2) is 50.9 Å². The predicted molar refractivity (Wildman–Crippen MR) is 155 cm³/mol. The molecule has 0 radical (unpaired) electrons. The van der Waals surface area contributed by atoms with E-state index in [0.29, 0.717) is 12.8 Å². The number of nitrogens with one attached hydrogen (secondary N) is 4. The Morgan fingerprint density at radius 1 is 1.00 bits per heavy atom. The van der Waals surface area contributed by atoms with Crippen molar-refractivity contribution in [3.8, 4) is 0 Å². The van der Waals surface area contributed by atoms with E-state index in [1.807, 2.05) is 0 Å². The number of aromatic nitrogens is 2. The number of aliphatic hydroxyl groups is 2. The lowest BCUT2D eigenvalue weighted by molar-refractivity contribution is -0.116. The smallest absolute Gasteiger partial charge is 0.277 e. The second kappa shape index (κ2) is 17.9. The summed E-state index contributed by atoms with van der Waals surface area (Å²) >= 11 is 0. The molecule has 38 heavy (non-hydrogen) atoms. The molecule has 0 bridgehead atoms. The minimum atomic E-state index is -1.04. The number of aliphatic hydroxyl groups excluding tert-OH is 2. The highest BCUT2D eigenvalue weighted by Crippen LogP contribution is 2.22. The lowest BCUT2D eigenvalue weighted by atomic mass is 10.0. The molecule has 2 heterocycles. The van der Waals surface area contributed by atoms with Crippen molar-refractivity contribution in [2.45, 2.75) is 83.5 Å². The van der Waals surface area contributed by atoms with Gasteiger partial charge in [-0.1, -0.05) is 67.7 Å². The number of hydrogen-bond acceptors (Lipinski definition) is 7. The van der Waals surface area contributed by atoms with Gasteiger partial charge in [-0.15, -0.1) is 0 Å². The lowest BCUT2D eigenvalue weighted by Crippen LogP contribution is -2.48. The van der Waals surface area contributed by atoms with Gasteiger partial charge in [0.15, 0.2) is 5.82 Å². The number of rotatable bonds is 16. The number of carbonyl (C=O) groups is 1. The number of H-pyrrole nitrogens is 1. The normalized spacial score (nSPS) is 17.3. The van der Waals surface area contributed by atoms with Gasteiger partial charge in [-0.05, 0) is 51.9 Å². The van der Waals surface area contributed by atoms with Crippen molar-refractivity contribution in [1.29, 1.82) is 0 Å². The Bertz CT molecular complexity index is 1060. The van der Waals surface area contributed by atoms with Crippen molar-refractivity contribution >= 4 is 23.4 Å². The van der Waals surface area contributed by atoms with Crippen LogP contribution in [0.2, 0.25) is 0 Å². The minimum absolute atomic E-state index is 0.0671. The van der Waals surface area contributed by atoms with Gasteiger partial charge in [0.25, 0.3) is 5.56 Å². The number of unbranched alkanes of at least 4 members (excludes halogenated alkanes) is 1. The van der Waals surface area contributed by atoms with Gasteiger partial charge in [0, 0.05) is 13.0 Å². The van der Waals surface area contributed by atoms with Crippen LogP contribution in [0.4, 0.5) is 17.5 Å². The Labute approximate surface area is 225 Å². The van der Waals surface area contributed by atoms with E-state index in [1.165, 1.54) is 6.92 Å². The minimum Gasteiger partial charge on any atom is -0.391 e. The molecule has 1 amide bonds. The van der Waals surface area contributed by atoms with Gasteiger partial charge in [-0.2, -0.15) is 4.98 Å². The summed E-state index contributed by atoms with van der Waals surface area (Å²) in [4.78, 5) is 31.4. The fraction of sp³-hybridized carbons (Fsp3) is 0.483. The Hall–Kier alpha value is -3.43. The summed E-state index contributed by atoms with van der Waals surface area (Å²) < 4.78 is 0. The van der Waals surface area contributed by atoms with Crippen LogP contribution in [0.25, 0.3) is 0 Å². The van der Waals surface area contributed by atoms with Crippen LogP contribution in [0, 0.1) is 0 Å². The predicted octanol–water partition coefficient (Wildman–Crippen LogP) is 4.58. The van der Waals surface area contributed by atoms with Crippen LogP contribution in [0.3, 0.4) is 0 Å². The first-order valence-corrected chi connectivity index (χ1v) is 13.5. The summed E-state index contributed by atoms with van der Waals surface area (Å²) in [5, 5.41) is 28.1. The van der Waals surface area contributed by atoms with Gasteiger partial charge < -0.3 is 20.8 Å². The second-order valence-electron chi connectivity index (χ2n) is 9.15. The molecule has 0 aliphatic carbocycles. The van der Waals surface area contributed by atoms with Gasteiger partial charge in [-0.3, -0.25) is 19.9 Å². The SMILES string of the molecule is CCC=CCC=CCC=CCC=CCC=CCCCC(=O)Nc1nc2c(c(=O)[nH]1)NC(C(O)C(C)O)CN2. The molecule has 0 spiro atoms. The largest absolute Gasteiger partial charge is 0.391 e. The van der Waals surface area contributed by atoms with Crippen LogP contribution in [-0.2, 0) is 4.79 Å². The Balaban J connectivity index is 1.61. The molecule has 0 saturated heterocycles. The fourth-order valence-electron chi connectivity index (χ4n) is 3.72. The fourth-order valence-corrected chi connectivity index (χ4v) is 3.72. The Kier molecular flexibility index (Phi) is 14.5. The highest BCUT2D eigenvalue weighted by atomic mass is 16.3. The number of nitrogens with zero attached hydrogens (tertiary/aromatic N) is 1. The monoisotopic (exact) mass is 525 g/mol. The lowest BCUT2D eigenvalue weighted by Gasteiger charge is -2.31. The van der Waals surface area contributed by atoms with E-state index < -0.39 is 23.8 Å². The molecule has 9 nitrogen and oxygen atoms in total. The molecule has 0 aromatic carbocycles. The molecular weight excluding hydrogens is 482 g/mol. The van der Waals surface area contributed by atoms with Gasteiger partial charge in [-0.25, -0.2) is 0 Å². The van der Waals surface area contributed by atoms with E-state index in [1.54, 1.807) is 0 Å². The first kappa shape index (κ1) is 30.8. The zero-order valence-electron chi connectivity index (χ0n) is 22.5. The quantitative estimate of drug-likeness (QED) is 0.137. The maximum Gasteiger partial charge on any atom is 0.277 e.